The minimum Gasteiger partial charge on any atom is -0.462 e. The number of phosphoric ester groups is 2. The molecule has 0 saturated carbocycles. The molecule has 546 valence electrons. The van der Waals surface area contributed by atoms with Crippen LogP contribution in [0.5, 0.6) is 0 Å². The van der Waals surface area contributed by atoms with Gasteiger partial charge in [-0.2, -0.15) is 0 Å². The van der Waals surface area contributed by atoms with Crippen LogP contribution in [0.25, 0.3) is 0 Å². The van der Waals surface area contributed by atoms with Crippen LogP contribution in [0, 0.1) is 0 Å². The van der Waals surface area contributed by atoms with Gasteiger partial charge in [-0.05, 0) is 25.7 Å². The number of hydrogen-bond donors (Lipinski definition) is 3. The molecule has 0 saturated heterocycles. The maximum atomic E-state index is 13.0. The summed E-state index contributed by atoms with van der Waals surface area (Å²) in [5, 5.41) is 10.6. The van der Waals surface area contributed by atoms with Crippen molar-refractivity contribution < 1.29 is 80.2 Å². The number of rotatable bonds is 74. The van der Waals surface area contributed by atoms with Crippen molar-refractivity contribution in [2.24, 2.45) is 0 Å². The fourth-order valence-corrected chi connectivity index (χ4v) is 12.8. The Labute approximate surface area is 562 Å². The van der Waals surface area contributed by atoms with Crippen LogP contribution < -0.4 is 0 Å². The topological polar surface area (TPSA) is 237 Å². The normalized spacial score (nSPS) is 13.9. The molecule has 19 heteroatoms. The van der Waals surface area contributed by atoms with Crippen molar-refractivity contribution in [1.29, 1.82) is 0 Å². The van der Waals surface area contributed by atoms with Crippen molar-refractivity contribution in [2.45, 2.75) is 406 Å². The number of esters is 4. The standard InChI is InChI=1S/C73H142O17P2/c1-5-9-13-17-21-25-29-32-33-36-39-42-46-50-54-58-71(76)84-63-68(89-72(77)59-55-51-47-43-37-28-24-20-16-12-8-4)65-87-91(79,80)85-61-67(74)62-86-92(81,82)88-66-69(90-73(78)60-56-52-48-44-40-35-31-27-23-19-15-11-7-3)64-83-70(75)57-53-49-45-41-38-34-30-26-22-18-14-10-6-2/h67-69,74H,5-66H2,1-4H3,(H,79,80)(H,81,82). The Kier molecular flexibility index (Phi) is 66.2. The number of aliphatic hydroxyl groups is 1. The highest BCUT2D eigenvalue weighted by Crippen LogP contribution is 2.45. The van der Waals surface area contributed by atoms with E-state index in [9.17, 15) is 43.2 Å². The quantitative estimate of drug-likeness (QED) is 0.0222. The zero-order valence-electron chi connectivity index (χ0n) is 59.5. The van der Waals surface area contributed by atoms with Gasteiger partial charge in [0, 0.05) is 25.7 Å². The Hall–Kier alpha value is -1.94. The third-order valence-corrected chi connectivity index (χ3v) is 19.0. The number of unbranched alkanes of at least 4 members (excludes halogenated alkanes) is 48. The molecule has 17 nitrogen and oxygen atoms in total. The Balaban J connectivity index is 5.23. The molecular formula is C73H142O17P2. The van der Waals surface area contributed by atoms with Crippen molar-refractivity contribution in [3.8, 4) is 0 Å². The van der Waals surface area contributed by atoms with Gasteiger partial charge in [-0.15, -0.1) is 0 Å². The van der Waals surface area contributed by atoms with Gasteiger partial charge in [-0.3, -0.25) is 37.3 Å². The first-order chi connectivity index (χ1) is 44.7. The van der Waals surface area contributed by atoms with Crippen molar-refractivity contribution in [2.75, 3.05) is 39.6 Å². The third kappa shape index (κ3) is 66.7. The highest BCUT2D eigenvalue weighted by Gasteiger charge is 2.30. The minimum atomic E-state index is -4.95. The maximum absolute atomic E-state index is 13.0. The number of ether oxygens (including phenoxy) is 4. The fourth-order valence-electron chi connectivity index (χ4n) is 11.2. The van der Waals surface area contributed by atoms with Gasteiger partial charge >= 0.3 is 39.5 Å². The van der Waals surface area contributed by atoms with Crippen molar-refractivity contribution >= 4 is 39.5 Å². The fraction of sp³-hybridized carbons (Fsp3) is 0.945. The van der Waals surface area contributed by atoms with Crippen LogP contribution in [0.3, 0.4) is 0 Å². The first-order valence-corrected chi connectivity index (χ1v) is 41.3. The molecule has 0 aliphatic rings. The molecule has 5 unspecified atom stereocenters. The van der Waals surface area contributed by atoms with E-state index < -0.39 is 97.5 Å². The largest absolute Gasteiger partial charge is 0.472 e. The Morgan fingerprint density at radius 1 is 0.261 bits per heavy atom. The monoisotopic (exact) mass is 1350 g/mol. The van der Waals surface area contributed by atoms with Crippen LogP contribution in [-0.2, 0) is 65.4 Å². The average Bonchev–Trinajstić information content (AvgIpc) is 2.24. The average molecular weight is 1350 g/mol. The zero-order valence-corrected chi connectivity index (χ0v) is 61.3. The first-order valence-electron chi connectivity index (χ1n) is 38.3. The number of aliphatic hydroxyl groups excluding tert-OH is 1. The second-order valence-electron chi connectivity index (χ2n) is 26.3. The molecule has 92 heavy (non-hydrogen) atoms. The lowest BCUT2D eigenvalue weighted by Gasteiger charge is -2.21. The number of phosphoric acid groups is 2. The molecule has 0 aromatic rings. The highest BCUT2D eigenvalue weighted by atomic mass is 31.2. The second kappa shape index (κ2) is 67.6. The summed E-state index contributed by atoms with van der Waals surface area (Å²) in [7, 11) is -9.90. The van der Waals surface area contributed by atoms with E-state index in [0.29, 0.717) is 25.7 Å². The molecule has 0 radical (unpaired) electrons. The molecule has 0 heterocycles. The van der Waals surface area contributed by atoms with Crippen LogP contribution in [0.4, 0.5) is 0 Å². The Morgan fingerprint density at radius 3 is 0.641 bits per heavy atom. The molecule has 0 aliphatic heterocycles. The van der Waals surface area contributed by atoms with E-state index in [-0.39, 0.29) is 25.7 Å². The van der Waals surface area contributed by atoms with E-state index in [0.717, 1.165) is 89.9 Å². The van der Waals surface area contributed by atoms with E-state index in [4.69, 9.17) is 37.0 Å². The minimum absolute atomic E-state index is 0.108. The molecule has 0 spiro atoms. The summed E-state index contributed by atoms with van der Waals surface area (Å²) in [5.41, 5.74) is 0. The highest BCUT2D eigenvalue weighted by molar-refractivity contribution is 7.47. The van der Waals surface area contributed by atoms with Crippen LogP contribution in [0.15, 0.2) is 0 Å². The van der Waals surface area contributed by atoms with Gasteiger partial charge < -0.3 is 33.8 Å². The summed E-state index contributed by atoms with van der Waals surface area (Å²) in [5.74, 6) is -2.11. The van der Waals surface area contributed by atoms with Gasteiger partial charge in [0.2, 0.25) is 0 Å². The van der Waals surface area contributed by atoms with Crippen molar-refractivity contribution in [1.82, 2.24) is 0 Å². The predicted octanol–water partition coefficient (Wildman–Crippen LogP) is 21.4. The molecule has 0 bridgehead atoms. The molecule has 5 atom stereocenters. The Morgan fingerprint density at radius 2 is 0.435 bits per heavy atom. The summed E-state index contributed by atoms with van der Waals surface area (Å²) < 4.78 is 68.4. The lowest BCUT2D eigenvalue weighted by Crippen LogP contribution is -2.30. The van der Waals surface area contributed by atoms with Gasteiger partial charge in [0.05, 0.1) is 26.4 Å². The second-order valence-corrected chi connectivity index (χ2v) is 29.2. The summed E-state index contributed by atoms with van der Waals surface area (Å²) in [6.45, 7) is 4.98. The molecule has 0 amide bonds. The van der Waals surface area contributed by atoms with Crippen LogP contribution >= 0.6 is 15.6 Å². The zero-order chi connectivity index (χ0) is 67.5. The summed E-state index contributed by atoms with van der Waals surface area (Å²) in [6.07, 6.45) is 56.6. The molecular weight excluding hydrogens is 1210 g/mol. The lowest BCUT2D eigenvalue weighted by atomic mass is 10.0. The molecule has 0 aliphatic carbocycles. The molecule has 0 rings (SSSR count). The van der Waals surface area contributed by atoms with E-state index >= 15 is 0 Å². The van der Waals surface area contributed by atoms with Crippen LogP contribution in [-0.4, -0.2) is 96.7 Å². The van der Waals surface area contributed by atoms with Crippen LogP contribution in [0.2, 0.25) is 0 Å². The number of hydrogen-bond acceptors (Lipinski definition) is 15. The van der Waals surface area contributed by atoms with E-state index in [1.807, 2.05) is 0 Å². The number of carbonyl (C=O) groups is 4. The van der Waals surface area contributed by atoms with Crippen LogP contribution in [0.1, 0.15) is 387 Å². The smallest absolute Gasteiger partial charge is 0.462 e. The van der Waals surface area contributed by atoms with Crippen molar-refractivity contribution in [3.63, 3.8) is 0 Å². The van der Waals surface area contributed by atoms with E-state index in [2.05, 4.69) is 27.7 Å². The van der Waals surface area contributed by atoms with Gasteiger partial charge in [0.15, 0.2) is 12.2 Å². The molecule has 0 aromatic heterocycles. The lowest BCUT2D eigenvalue weighted by molar-refractivity contribution is -0.161. The first kappa shape index (κ1) is 90.1. The maximum Gasteiger partial charge on any atom is 0.472 e. The van der Waals surface area contributed by atoms with Gasteiger partial charge in [0.1, 0.15) is 19.3 Å². The van der Waals surface area contributed by atoms with Crippen molar-refractivity contribution in [3.05, 3.63) is 0 Å². The summed E-state index contributed by atoms with van der Waals surface area (Å²) >= 11 is 0. The Bertz CT molecular complexity index is 1760. The summed E-state index contributed by atoms with van der Waals surface area (Å²) in [4.78, 5) is 72.7. The van der Waals surface area contributed by atoms with Gasteiger partial charge in [-0.1, -0.05) is 336 Å². The predicted molar refractivity (Wildman–Crippen MR) is 372 cm³/mol. The number of carbonyl (C=O) groups excluding carboxylic acids is 4. The van der Waals surface area contributed by atoms with E-state index in [1.54, 1.807) is 0 Å². The third-order valence-electron chi connectivity index (χ3n) is 17.1. The molecule has 0 aromatic carbocycles. The molecule has 0 fully saturated rings. The summed E-state index contributed by atoms with van der Waals surface area (Å²) in [6, 6.07) is 0. The van der Waals surface area contributed by atoms with Gasteiger partial charge in [-0.25, -0.2) is 9.13 Å². The van der Waals surface area contributed by atoms with Gasteiger partial charge in [0.25, 0.3) is 0 Å². The SMILES string of the molecule is CCCCCCCCCCCCCCCCCC(=O)OCC(COP(=O)(O)OCC(O)COP(=O)(O)OCC(COC(=O)CCCCCCCCCCCCCCC)OC(=O)CCCCCCCCCCCCCCC)OC(=O)CCCCCCCCCCCCC. The molecule has 3 N–H and O–H groups in total. The van der Waals surface area contributed by atoms with E-state index in [1.165, 1.54) is 218 Å².